The summed E-state index contributed by atoms with van der Waals surface area (Å²) in [4.78, 5) is 25.8. The second kappa shape index (κ2) is 8.32. The molecule has 0 aromatic carbocycles. The monoisotopic (exact) mass is 404 g/mol. The van der Waals surface area contributed by atoms with Crippen LogP contribution in [0.5, 0.6) is 0 Å². The quantitative estimate of drug-likeness (QED) is 0.528. The lowest BCUT2D eigenvalue weighted by molar-refractivity contribution is 0.0949. The van der Waals surface area contributed by atoms with Gasteiger partial charge in [-0.15, -0.1) is 11.3 Å². The van der Waals surface area contributed by atoms with E-state index in [9.17, 15) is 4.79 Å². The molecule has 7 nitrogen and oxygen atoms in total. The minimum absolute atomic E-state index is 0.110. The van der Waals surface area contributed by atoms with Gasteiger partial charge in [0, 0.05) is 29.5 Å². The fourth-order valence-corrected chi connectivity index (χ4v) is 3.79. The molecule has 0 unspecified atom stereocenters. The highest BCUT2D eigenvalue weighted by Gasteiger charge is 2.21. The molecule has 1 amide bonds. The van der Waals surface area contributed by atoms with Crippen LogP contribution in [-0.4, -0.2) is 30.6 Å². The van der Waals surface area contributed by atoms with Gasteiger partial charge in [-0.2, -0.15) is 5.10 Å². The van der Waals surface area contributed by atoms with Gasteiger partial charge in [-0.05, 0) is 30.2 Å². The number of aromatic nitrogens is 5. The molecular weight excluding hydrogens is 384 g/mol. The molecule has 0 fully saturated rings. The number of pyridine rings is 2. The van der Waals surface area contributed by atoms with E-state index < -0.39 is 0 Å². The molecule has 146 valence electrons. The maximum Gasteiger partial charge on any atom is 0.255 e. The average molecular weight is 404 g/mol. The molecule has 0 saturated carbocycles. The third-order valence-electron chi connectivity index (χ3n) is 4.39. The molecule has 4 aromatic heterocycles. The number of rotatable bonds is 6. The lowest BCUT2D eigenvalue weighted by Crippen LogP contribution is -2.24. The first-order valence-corrected chi connectivity index (χ1v) is 10.1. The molecule has 29 heavy (non-hydrogen) atoms. The molecule has 0 radical (unpaired) electrons. The van der Waals surface area contributed by atoms with Crippen LogP contribution >= 0.6 is 11.3 Å². The predicted molar refractivity (Wildman–Crippen MR) is 112 cm³/mol. The maximum atomic E-state index is 12.8. The van der Waals surface area contributed by atoms with Gasteiger partial charge < -0.3 is 5.32 Å². The summed E-state index contributed by atoms with van der Waals surface area (Å²) in [7, 11) is 0. The number of amides is 1. The highest BCUT2D eigenvalue weighted by molar-refractivity contribution is 7.09. The molecule has 8 heteroatoms. The number of hydrogen-bond acceptors (Lipinski definition) is 6. The normalized spacial score (nSPS) is 11.0. The summed E-state index contributed by atoms with van der Waals surface area (Å²) >= 11 is 1.52. The Kier molecular flexibility index (Phi) is 5.44. The SMILES string of the molecule is CC(C)c1c(C(=O)NCc2nc(-c3ccncc3)cs2)cnn1-c1ccccn1. The summed E-state index contributed by atoms with van der Waals surface area (Å²) in [6.07, 6.45) is 6.79. The summed E-state index contributed by atoms with van der Waals surface area (Å²) in [5.41, 5.74) is 3.27. The topological polar surface area (TPSA) is 85.6 Å². The predicted octanol–water partition coefficient (Wildman–Crippen LogP) is 3.84. The minimum Gasteiger partial charge on any atom is -0.345 e. The second-order valence-corrected chi connectivity index (χ2v) is 7.69. The standard InChI is InChI=1S/C21H20N6OS/c1-14(2)20-16(11-25-27(20)18-5-3-4-8-23-18)21(28)24-12-19-26-17(13-29-19)15-6-9-22-10-7-15/h3-11,13-14H,12H2,1-2H3,(H,24,28). The number of hydrogen-bond donors (Lipinski definition) is 1. The Bertz CT molecular complexity index is 1100. The molecule has 0 spiro atoms. The van der Waals surface area contributed by atoms with Crippen molar-refractivity contribution in [2.24, 2.45) is 0 Å². The average Bonchev–Trinajstić information content (AvgIpc) is 3.41. The van der Waals surface area contributed by atoms with Crippen molar-refractivity contribution < 1.29 is 4.79 Å². The highest BCUT2D eigenvalue weighted by atomic mass is 32.1. The van der Waals surface area contributed by atoms with E-state index in [1.54, 1.807) is 29.5 Å². The maximum absolute atomic E-state index is 12.8. The van der Waals surface area contributed by atoms with Crippen LogP contribution in [0, 0.1) is 0 Å². The van der Waals surface area contributed by atoms with Crippen LogP contribution in [-0.2, 0) is 6.54 Å². The highest BCUT2D eigenvalue weighted by Crippen LogP contribution is 2.23. The van der Waals surface area contributed by atoms with E-state index >= 15 is 0 Å². The number of nitrogens with one attached hydrogen (secondary N) is 1. The van der Waals surface area contributed by atoms with Gasteiger partial charge in [-0.3, -0.25) is 9.78 Å². The van der Waals surface area contributed by atoms with Crippen LogP contribution in [0.2, 0.25) is 0 Å². The zero-order valence-electron chi connectivity index (χ0n) is 16.1. The zero-order chi connectivity index (χ0) is 20.2. The van der Waals surface area contributed by atoms with Crippen molar-refractivity contribution in [2.75, 3.05) is 0 Å². The van der Waals surface area contributed by atoms with E-state index in [1.165, 1.54) is 11.3 Å². The van der Waals surface area contributed by atoms with Crippen molar-refractivity contribution in [1.82, 2.24) is 30.0 Å². The van der Waals surface area contributed by atoms with E-state index in [1.807, 2.05) is 49.6 Å². The number of carbonyl (C=O) groups is 1. The lowest BCUT2D eigenvalue weighted by atomic mass is 10.1. The molecule has 4 aromatic rings. The number of nitrogens with zero attached hydrogens (tertiary/aromatic N) is 5. The largest absolute Gasteiger partial charge is 0.345 e. The number of carbonyl (C=O) groups excluding carboxylic acids is 1. The first kappa shape index (κ1) is 18.9. The van der Waals surface area contributed by atoms with Crippen molar-refractivity contribution in [3.05, 3.63) is 76.8 Å². The van der Waals surface area contributed by atoms with Crippen LogP contribution in [0.1, 0.15) is 40.8 Å². The van der Waals surface area contributed by atoms with Gasteiger partial charge in [0.25, 0.3) is 5.91 Å². The Hall–Kier alpha value is -3.39. The number of thiazole rings is 1. The molecule has 1 N–H and O–H groups in total. The molecule has 0 aliphatic rings. The van der Waals surface area contributed by atoms with Crippen molar-refractivity contribution >= 4 is 17.2 Å². The van der Waals surface area contributed by atoms with Gasteiger partial charge in [0.05, 0.1) is 29.7 Å². The van der Waals surface area contributed by atoms with Crippen molar-refractivity contribution in [3.8, 4) is 17.1 Å². The fraction of sp³-hybridized carbons (Fsp3) is 0.190. The van der Waals surface area contributed by atoms with Gasteiger partial charge in [0.15, 0.2) is 5.82 Å². The van der Waals surface area contributed by atoms with E-state index in [4.69, 9.17) is 0 Å². The van der Waals surface area contributed by atoms with Crippen LogP contribution in [0.3, 0.4) is 0 Å². The fourth-order valence-electron chi connectivity index (χ4n) is 3.05. The summed E-state index contributed by atoms with van der Waals surface area (Å²) in [5.74, 6) is 0.632. The first-order chi connectivity index (χ1) is 14.1. The van der Waals surface area contributed by atoms with Crippen molar-refractivity contribution in [3.63, 3.8) is 0 Å². The Morgan fingerprint density at radius 1 is 1.17 bits per heavy atom. The van der Waals surface area contributed by atoms with E-state index in [-0.39, 0.29) is 11.8 Å². The van der Waals surface area contributed by atoms with Crippen LogP contribution in [0.4, 0.5) is 0 Å². The van der Waals surface area contributed by atoms with Gasteiger partial charge >= 0.3 is 0 Å². The molecule has 0 bridgehead atoms. The summed E-state index contributed by atoms with van der Waals surface area (Å²) in [6, 6.07) is 9.45. The molecule has 0 aliphatic carbocycles. The lowest BCUT2D eigenvalue weighted by Gasteiger charge is -2.12. The molecular formula is C21H20N6OS. The third-order valence-corrected chi connectivity index (χ3v) is 5.24. The first-order valence-electron chi connectivity index (χ1n) is 9.26. The van der Waals surface area contributed by atoms with Crippen molar-refractivity contribution in [2.45, 2.75) is 26.3 Å². The van der Waals surface area contributed by atoms with Crippen LogP contribution in [0.15, 0.2) is 60.5 Å². The van der Waals surface area contributed by atoms with E-state index in [2.05, 4.69) is 25.4 Å². The molecule has 0 atom stereocenters. The van der Waals surface area contributed by atoms with E-state index in [0.29, 0.717) is 17.9 Å². The van der Waals surface area contributed by atoms with Gasteiger partial charge in [-0.1, -0.05) is 19.9 Å². The molecule has 4 rings (SSSR count). The summed E-state index contributed by atoms with van der Waals surface area (Å²) in [5, 5.41) is 10.2. The van der Waals surface area contributed by atoms with Gasteiger partial charge in [-0.25, -0.2) is 14.6 Å². The van der Waals surface area contributed by atoms with Crippen LogP contribution < -0.4 is 5.32 Å². The summed E-state index contributed by atoms with van der Waals surface area (Å²) < 4.78 is 1.73. The molecule has 0 aliphatic heterocycles. The Morgan fingerprint density at radius 2 is 2.00 bits per heavy atom. The van der Waals surface area contributed by atoms with Crippen molar-refractivity contribution in [1.29, 1.82) is 0 Å². The zero-order valence-corrected chi connectivity index (χ0v) is 16.9. The minimum atomic E-state index is -0.170. The molecule has 0 saturated heterocycles. The third kappa shape index (κ3) is 4.07. The van der Waals surface area contributed by atoms with Gasteiger partial charge in [0.2, 0.25) is 0 Å². The second-order valence-electron chi connectivity index (χ2n) is 6.74. The Labute approximate surface area is 172 Å². The Balaban J connectivity index is 1.51. The molecule has 4 heterocycles. The summed E-state index contributed by atoms with van der Waals surface area (Å²) in [6.45, 7) is 4.44. The smallest absolute Gasteiger partial charge is 0.255 e. The van der Waals surface area contributed by atoms with E-state index in [0.717, 1.165) is 22.0 Å². The Morgan fingerprint density at radius 3 is 2.72 bits per heavy atom. The van der Waals surface area contributed by atoms with Gasteiger partial charge in [0.1, 0.15) is 5.01 Å². The van der Waals surface area contributed by atoms with Crippen LogP contribution in [0.25, 0.3) is 17.1 Å².